The minimum absolute atomic E-state index is 0.0392. The minimum atomic E-state index is -3.75. The van der Waals surface area contributed by atoms with Crippen LogP contribution < -0.4 is 9.62 Å². The SMILES string of the molecule is O=S(=O)(Nc1ccc(N2CCCC2)cn1)c1ccc(Cl)c(Cl)c1. The molecule has 0 spiro atoms. The van der Waals surface area contributed by atoms with E-state index in [0.717, 1.165) is 18.8 Å². The number of benzene rings is 1. The molecule has 1 aromatic carbocycles. The summed E-state index contributed by atoms with van der Waals surface area (Å²) in [5, 5.41) is 0.491. The Morgan fingerprint density at radius 2 is 1.78 bits per heavy atom. The predicted molar refractivity (Wildman–Crippen MR) is 93.0 cm³/mol. The van der Waals surface area contributed by atoms with E-state index in [1.54, 1.807) is 12.3 Å². The standard InChI is InChI=1S/C15H15Cl2N3O2S/c16-13-5-4-12(9-14(13)17)23(21,22)19-15-6-3-11(10-18-15)20-7-1-2-8-20/h3-6,9-10H,1-2,7-8H2,(H,18,19). The molecule has 1 saturated heterocycles. The molecule has 122 valence electrons. The van der Waals surface area contributed by atoms with E-state index in [0.29, 0.717) is 5.02 Å². The van der Waals surface area contributed by atoms with E-state index >= 15 is 0 Å². The molecule has 23 heavy (non-hydrogen) atoms. The van der Waals surface area contributed by atoms with Crippen molar-refractivity contribution in [3.05, 3.63) is 46.6 Å². The van der Waals surface area contributed by atoms with Crippen LogP contribution >= 0.6 is 23.2 Å². The second-order valence-corrected chi connectivity index (χ2v) is 7.77. The summed E-state index contributed by atoms with van der Waals surface area (Å²) in [6.07, 6.45) is 4.02. The predicted octanol–water partition coefficient (Wildman–Crippen LogP) is 3.79. The molecule has 0 atom stereocenters. The molecule has 0 bridgehead atoms. The molecule has 8 heteroatoms. The van der Waals surface area contributed by atoms with Gasteiger partial charge >= 0.3 is 0 Å². The number of pyridine rings is 1. The Morgan fingerprint density at radius 3 is 2.39 bits per heavy atom. The second kappa shape index (κ2) is 6.55. The minimum Gasteiger partial charge on any atom is -0.370 e. The summed E-state index contributed by atoms with van der Waals surface area (Å²) >= 11 is 11.7. The molecule has 1 fully saturated rings. The first kappa shape index (κ1) is 16.4. The topological polar surface area (TPSA) is 62.3 Å². The monoisotopic (exact) mass is 371 g/mol. The van der Waals surface area contributed by atoms with Gasteiger partial charge in [-0.05, 0) is 43.2 Å². The quantitative estimate of drug-likeness (QED) is 0.887. The van der Waals surface area contributed by atoms with Gasteiger partial charge in [0.1, 0.15) is 5.82 Å². The van der Waals surface area contributed by atoms with Crippen LogP contribution in [0.1, 0.15) is 12.8 Å². The number of hydrogen-bond acceptors (Lipinski definition) is 4. The van der Waals surface area contributed by atoms with Crippen LogP contribution in [0.4, 0.5) is 11.5 Å². The summed E-state index contributed by atoms with van der Waals surface area (Å²) in [7, 11) is -3.75. The molecule has 0 aliphatic carbocycles. The van der Waals surface area contributed by atoms with Gasteiger partial charge in [0.05, 0.1) is 26.8 Å². The first-order valence-corrected chi connectivity index (χ1v) is 9.38. The average molecular weight is 372 g/mol. The molecule has 2 heterocycles. The zero-order valence-corrected chi connectivity index (χ0v) is 14.5. The number of sulfonamides is 1. The van der Waals surface area contributed by atoms with Crippen molar-refractivity contribution in [3.63, 3.8) is 0 Å². The van der Waals surface area contributed by atoms with Crippen molar-refractivity contribution in [1.29, 1.82) is 0 Å². The third-order valence-corrected chi connectivity index (χ3v) is 5.75. The largest absolute Gasteiger partial charge is 0.370 e. The molecule has 1 aliphatic rings. The maximum Gasteiger partial charge on any atom is 0.263 e. The summed E-state index contributed by atoms with van der Waals surface area (Å²) in [5.74, 6) is 0.263. The zero-order chi connectivity index (χ0) is 16.4. The van der Waals surface area contributed by atoms with Gasteiger partial charge in [-0.15, -0.1) is 0 Å². The molecule has 0 radical (unpaired) electrons. The number of nitrogens with zero attached hydrogens (tertiary/aromatic N) is 2. The molecule has 0 unspecified atom stereocenters. The van der Waals surface area contributed by atoms with E-state index in [-0.39, 0.29) is 15.7 Å². The Kier molecular flexibility index (Phi) is 4.66. The highest BCUT2D eigenvalue weighted by Gasteiger charge is 2.17. The highest BCUT2D eigenvalue weighted by Crippen LogP contribution is 2.26. The Balaban J connectivity index is 1.78. The van der Waals surface area contributed by atoms with Crippen molar-refractivity contribution in [2.45, 2.75) is 17.7 Å². The van der Waals surface area contributed by atoms with E-state index in [9.17, 15) is 8.42 Å². The highest BCUT2D eigenvalue weighted by atomic mass is 35.5. The Labute approximate surface area is 145 Å². The van der Waals surface area contributed by atoms with Gasteiger partial charge in [-0.3, -0.25) is 4.72 Å². The Morgan fingerprint density at radius 1 is 1.04 bits per heavy atom. The maximum absolute atomic E-state index is 12.3. The summed E-state index contributed by atoms with van der Waals surface area (Å²) in [6.45, 7) is 2.02. The Hall–Kier alpha value is -1.50. The number of hydrogen-bond donors (Lipinski definition) is 1. The lowest BCUT2D eigenvalue weighted by molar-refractivity contribution is 0.601. The normalized spacial score (nSPS) is 15.0. The smallest absolute Gasteiger partial charge is 0.263 e. The van der Waals surface area contributed by atoms with Gasteiger partial charge in [0, 0.05) is 13.1 Å². The van der Waals surface area contributed by atoms with Crippen molar-refractivity contribution in [2.24, 2.45) is 0 Å². The third-order valence-electron chi connectivity index (χ3n) is 3.66. The molecular formula is C15H15Cl2N3O2S. The van der Waals surface area contributed by atoms with Gasteiger partial charge in [-0.1, -0.05) is 23.2 Å². The molecule has 0 amide bonds. The van der Waals surface area contributed by atoms with Crippen LogP contribution in [0.2, 0.25) is 10.0 Å². The molecule has 5 nitrogen and oxygen atoms in total. The fourth-order valence-electron chi connectivity index (χ4n) is 2.45. The van der Waals surface area contributed by atoms with E-state index in [2.05, 4.69) is 14.6 Å². The van der Waals surface area contributed by atoms with Crippen molar-refractivity contribution >= 4 is 44.7 Å². The van der Waals surface area contributed by atoms with Crippen LogP contribution in [0, 0.1) is 0 Å². The van der Waals surface area contributed by atoms with Crippen LogP contribution in [-0.2, 0) is 10.0 Å². The van der Waals surface area contributed by atoms with Crippen molar-refractivity contribution in [2.75, 3.05) is 22.7 Å². The zero-order valence-electron chi connectivity index (χ0n) is 12.2. The van der Waals surface area contributed by atoms with Crippen LogP contribution in [0.25, 0.3) is 0 Å². The van der Waals surface area contributed by atoms with Crippen LogP contribution in [-0.4, -0.2) is 26.5 Å². The Bertz CT molecular complexity index is 804. The maximum atomic E-state index is 12.3. The van der Waals surface area contributed by atoms with Gasteiger partial charge in [0.15, 0.2) is 0 Å². The second-order valence-electron chi connectivity index (χ2n) is 5.28. The molecule has 1 aromatic heterocycles. The molecule has 3 rings (SSSR count). The number of anilines is 2. The van der Waals surface area contributed by atoms with Crippen LogP contribution in [0.15, 0.2) is 41.4 Å². The van der Waals surface area contributed by atoms with Crippen LogP contribution in [0.5, 0.6) is 0 Å². The lowest BCUT2D eigenvalue weighted by atomic mass is 10.4. The number of rotatable bonds is 4. The highest BCUT2D eigenvalue weighted by molar-refractivity contribution is 7.92. The first-order chi connectivity index (χ1) is 11.0. The summed E-state index contributed by atoms with van der Waals surface area (Å²) in [5.41, 5.74) is 1.000. The number of halogens is 2. The van der Waals surface area contributed by atoms with Gasteiger partial charge in [-0.25, -0.2) is 13.4 Å². The van der Waals surface area contributed by atoms with E-state index in [1.165, 1.54) is 31.0 Å². The molecule has 2 aromatic rings. The number of aromatic nitrogens is 1. The van der Waals surface area contributed by atoms with Crippen molar-refractivity contribution in [1.82, 2.24) is 4.98 Å². The van der Waals surface area contributed by atoms with Gasteiger partial charge in [0.2, 0.25) is 0 Å². The van der Waals surface area contributed by atoms with E-state index in [1.807, 2.05) is 6.07 Å². The summed E-state index contributed by atoms with van der Waals surface area (Å²) in [4.78, 5) is 6.45. The molecule has 1 aliphatic heterocycles. The average Bonchev–Trinajstić information content (AvgIpc) is 3.04. The lowest BCUT2D eigenvalue weighted by Gasteiger charge is -2.17. The molecule has 0 saturated carbocycles. The summed E-state index contributed by atoms with van der Waals surface area (Å²) < 4.78 is 27.1. The van der Waals surface area contributed by atoms with E-state index in [4.69, 9.17) is 23.2 Å². The van der Waals surface area contributed by atoms with Gasteiger partial charge in [-0.2, -0.15) is 0 Å². The van der Waals surface area contributed by atoms with Crippen LogP contribution in [0.3, 0.4) is 0 Å². The van der Waals surface area contributed by atoms with Gasteiger partial charge < -0.3 is 4.90 Å². The van der Waals surface area contributed by atoms with E-state index < -0.39 is 10.0 Å². The third kappa shape index (κ3) is 3.71. The molecule has 1 N–H and O–H groups in total. The first-order valence-electron chi connectivity index (χ1n) is 7.14. The fraction of sp³-hybridized carbons (Fsp3) is 0.267. The fourth-order valence-corrected chi connectivity index (χ4v) is 3.85. The van der Waals surface area contributed by atoms with Crippen molar-refractivity contribution < 1.29 is 8.42 Å². The summed E-state index contributed by atoms with van der Waals surface area (Å²) in [6, 6.07) is 7.68. The lowest BCUT2D eigenvalue weighted by Crippen LogP contribution is -2.18. The van der Waals surface area contributed by atoms with Gasteiger partial charge in [0.25, 0.3) is 10.0 Å². The molecular weight excluding hydrogens is 357 g/mol. The number of nitrogens with one attached hydrogen (secondary N) is 1. The van der Waals surface area contributed by atoms with Crippen molar-refractivity contribution in [3.8, 4) is 0 Å².